The maximum absolute atomic E-state index is 3.90. The van der Waals surface area contributed by atoms with Crippen LogP contribution in [0.5, 0.6) is 0 Å². The molecule has 0 aliphatic heterocycles. The van der Waals surface area contributed by atoms with Crippen molar-refractivity contribution in [1.82, 2.24) is 4.57 Å². The summed E-state index contributed by atoms with van der Waals surface area (Å²) in [5.74, 6) is 0. The van der Waals surface area contributed by atoms with Gasteiger partial charge in [0.05, 0.1) is 5.69 Å². The summed E-state index contributed by atoms with van der Waals surface area (Å²) in [7, 11) is 2.01. The molecule has 0 bridgehead atoms. The first-order valence-electron chi connectivity index (χ1n) is 5.60. The summed E-state index contributed by atoms with van der Waals surface area (Å²) >= 11 is 0. The SMILES string of the molecule is C=Cc1ccn(C)c1C(=C)C.CC.CC. The summed E-state index contributed by atoms with van der Waals surface area (Å²) in [6.45, 7) is 17.6. The second kappa shape index (κ2) is 9.32. The molecule has 1 nitrogen and oxygen atoms in total. The van der Waals surface area contributed by atoms with Crippen molar-refractivity contribution in [3.8, 4) is 0 Å². The maximum Gasteiger partial charge on any atom is 0.0501 e. The smallest absolute Gasteiger partial charge is 0.0501 e. The molecule has 0 aliphatic rings. The van der Waals surface area contributed by atoms with Crippen LogP contribution in [0, 0.1) is 0 Å². The Labute approximate surface area is 95.1 Å². The normalized spacial score (nSPS) is 7.87. The van der Waals surface area contributed by atoms with Gasteiger partial charge in [0.15, 0.2) is 0 Å². The molecule has 1 aromatic rings. The Morgan fingerprint density at radius 1 is 1.27 bits per heavy atom. The Morgan fingerprint density at radius 2 is 1.73 bits per heavy atom. The highest BCUT2D eigenvalue weighted by molar-refractivity contribution is 5.69. The van der Waals surface area contributed by atoms with E-state index < -0.39 is 0 Å². The molecule has 1 aromatic heterocycles. The lowest BCUT2D eigenvalue weighted by Crippen LogP contribution is -1.92. The highest BCUT2D eigenvalue weighted by atomic mass is 14.9. The molecule has 0 unspecified atom stereocenters. The molecule has 0 radical (unpaired) electrons. The van der Waals surface area contributed by atoms with E-state index in [9.17, 15) is 0 Å². The molecule has 0 aliphatic carbocycles. The fourth-order valence-corrected chi connectivity index (χ4v) is 1.26. The summed E-state index contributed by atoms with van der Waals surface area (Å²) in [5, 5.41) is 0. The molecule has 0 atom stereocenters. The minimum atomic E-state index is 1.08. The zero-order valence-electron chi connectivity index (χ0n) is 11.1. The van der Waals surface area contributed by atoms with Crippen LogP contribution in [0.15, 0.2) is 25.4 Å². The molecular formula is C14H25N. The summed E-state index contributed by atoms with van der Waals surface area (Å²) in [6, 6.07) is 2.04. The molecule has 0 saturated heterocycles. The minimum absolute atomic E-state index is 1.08. The van der Waals surface area contributed by atoms with Gasteiger partial charge in [-0.25, -0.2) is 0 Å². The van der Waals surface area contributed by atoms with Crippen molar-refractivity contribution in [2.45, 2.75) is 34.6 Å². The van der Waals surface area contributed by atoms with Crippen molar-refractivity contribution in [1.29, 1.82) is 0 Å². The fraction of sp³-hybridized carbons (Fsp3) is 0.429. The molecule has 0 N–H and O–H groups in total. The van der Waals surface area contributed by atoms with Crippen LogP contribution in [0.1, 0.15) is 45.9 Å². The van der Waals surface area contributed by atoms with Gasteiger partial charge in [0.2, 0.25) is 0 Å². The molecule has 0 spiro atoms. The van der Waals surface area contributed by atoms with Gasteiger partial charge in [-0.05, 0) is 24.1 Å². The molecule has 15 heavy (non-hydrogen) atoms. The van der Waals surface area contributed by atoms with E-state index in [4.69, 9.17) is 0 Å². The van der Waals surface area contributed by atoms with Crippen molar-refractivity contribution in [2.75, 3.05) is 0 Å². The first-order chi connectivity index (χ1) is 7.16. The van der Waals surface area contributed by atoms with Crippen LogP contribution in [-0.4, -0.2) is 4.57 Å². The van der Waals surface area contributed by atoms with Gasteiger partial charge >= 0.3 is 0 Å². The summed E-state index contributed by atoms with van der Waals surface area (Å²) in [4.78, 5) is 0. The van der Waals surface area contributed by atoms with Crippen molar-refractivity contribution in [2.24, 2.45) is 7.05 Å². The Hall–Kier alpha value is -1.24. The third kappa shape index (κ3) is 4.68. The molecule has 1 rings (SSSR count). The highest BCUT2D eigenvalue weighted by Gasteiger charge is 2.02. The number of aromatic nitrogens is 1. The molecule has 86 valence electrons. The molecule has 1 heteroatoms. The zero-order valence-corrected chi connectivity index (χ0v) is 11.1. The Bertz CT molecular complexity index is 292. The second-order valence-electron chi connectivity index (χ2n) is 2.72. The van der Waals surface area contributed by atoms with Gasteiger partial charge in [-0.1, -0.05) is 46.9 Å². The quantitative estimate of drug-likeness (QED) is 0.659. The maximum atomic E-state index is 3.90. The summed E-state index contributed by atoms with van der Waals surface area (Å²) in [5.41, 5.74) is 3.40. The van der Waals surface area contributed by atoms with Crippen LogP contribution >= 0.6 is 0 Å². The van der Waals surface area contributed by atoms with Crippen LogP contribution in [-0.2, 0) is 7.05 Å². The third-order valence-electron chi connectivity index (χ3n) is 1.73. The number of hydrogen-bond donors (Lipinski definition) is 0. The van der Waals surface area contributed by atoms with Crippen molar-refractivity contribution in [3.05, 3.63) is 36.7 Å². The van der Waals surface area contributed by atoms with Crippen LogP contribution < -0.4 is 0 Å². The molecule has 1 heterocycles. The minimum Gasteiger partial charge on any atom is -0.350 e. The number of nitrogens with zero attached hydrogens (tertiary/aromatic N) is 1. The molecular weight excluding hydrogens is 182 g/mol. The third-order valence-corrected chi connectivity index (χ3v) is 1.73. The second-order valence-corrected chi connectivity index (χ2v) is 2.72. The number of aryl methyl sites for hydroxylation is 1. The molecule has 0 saturated carbocycles. The van der Waals surface area contributed by atoms with E-state index in [0.717, 1.165) is 11.1 Å². The predicted octanol–water partition coefficient (Wildman–Crippen LogP) is 4.75. The Balaban J connectivity index is 0. The monoisotopic (exact) mass is 207 g/mol. The van der Waals surface area contributed by atoms with Gasteiger partial charge in [0, 0.05) is 13.2 Å². The lowest BCUT2D eigenvalue weighted by molar-refractivity contribution is 0.907. The summed E-state index contributed by atoms with van der Waals surface area (Å²) < 4.78 is 2.05. The van der Waals surface area contributed by atoms with Crippen LogP contribution in [0.25, 0.3) is 11.6 Å². The number of allylic oxidation sites excluding steroid dienone is 1. The van der Waals surface area contributed by atoms with E-state index >= 15 is 0 Å². The average molecular weight is 207 g/mol. The van der Waals surface area contributed by atoms with Crippen molar-refractivity contribution in [3.63, 3.8) is 0 Å². The fourth-order valence-electron chi connectivity index (χ4n) is 1.26. The van der Waals surface area contributed by atoms with Gasteiger partial charge < -0.3 is 4.57 Å². The van der Waals surface area contributed by atoms with Gasteiger partial charge in [-0.3, -0.25) is 0 Å². The van der Waals surface area contributed by atoms with E-state index in [0.29, 0.717) is 0 Å². The van der Waals surface area contributed by atoms with E-state index in [-0.39, 0.29) is 0 Å². The first kappa shape index (κ1) is 16.2. The van der Waals surface area contributed by atoms with Crippen molar-refractivity contribution < 1.29 is 0 Å². The molecule has 0 aromatic carbocycles. The predicted molar refractivity (Wildman–Crippen MR) is 72.9 cm³/mol. The lowest BCUT2D eigenvalue weighted by atomic mass is 10.1. The van der Waals surface area contributed by atoms with Crippen LogP contribution in [0.3, 0.4) is 0 Å². The molecule has 0 fully saturated rings. The number of hydrogen-bond acceptors (Lipinski definition) is 0. The van der Waals surface area contributed by atoms with E-state index in [1.807, 2.05) is 60.0 Å². The topological polar surface area (TPSA) is 4.93 Å². The van der Waals surface area contributed by atoms with E-state index in [1.165, 1.54) is 5.69 Å². The Kier molecular flexibility index (Phi) is 10.1. The highest BCUT2D eigenvalue weighted by Crippen LogP contribution is 2.18. The first-order valence-corrected chi connectivity index (χ1v) is 5.60. The average Bonchev–Trinajstić information content (AvgIpc) is 2.65. The molecule has 0 amide bonds. The standard InChI is InChI=1S/C10H13N.2C2H6/c1-5-9-6-7-11(4)10(9)8(2)3;2*1-2/h5-7H,1-2H2,3-4H3;2*1-2H3. The van der Waals surface area contributed by atoms with Crippen LogP contribution in [0.4, 0.5) is 0 Å². The number of rotatable bonds is 2. The van der Waals surface area contributed by atoms with Crippen molar-refractivity contribution >= 4 is 11.6 Å². The lowest BCUT2D eigenvalue weighted by Gasteiger charge is -2.02. The van der Waals surface area contributed by atoms with Gasteiger partial charge in [0.25, 0.3) is 0 Å². The summed E-state index contributed by atoms with van der Waals surface area (Å²) in [6.07, 6.45) is 3.87. The van der Waals surface area contributed by atoms with Gasteiger partial charge in [-0.2, -0.15) is 0 Å². The largest absolute Gasteiger partial charge is 0.350 e. The van der Waals surface area contributed by atoms with Crippen LogP contribution in [0.2, 0.25) is 0 Å². The van der Waals surface area contributed by atoms with Gasteiger partial charge in [-0.15, -0.1) is 0 Å². The van der Waals surface area contributed by atoms with E-state index in [2.05, 4.69) is 17.7 Å². The van der Waals surface area contributed by atoms with Gasteiger partial charge in [0.1, 0.15) is 0 Å². The zero-order chi connectivity index (χ0) is 12.4. The Morgan fingerprint density at radius 3 is 2.00 bits per heavy atom. The van der Waals surface area contributed by atoms with E-state index in [1.54, 1.807) is 0 Å².